The molecule has 0 heterocycles. The van der Waals surface area contributed by atoms with Gasteiger partial charge in [0.15, 0.2) is 0 Å². The second kappa shape index (κ2) is 6.74. The molecule has 0 fully saturated rings. The molecule has 0 radical (unpaired) electrons. The van der Waals surface area contributed by atoms with E-state index in [-0.39, 0.29) is 5.82 Å². The van der Waals surface area contributed by atoms with Gasteiger partial charge in [-0.2, -0.15) is 0 Å². The lowest BCUT2D eigenvalue weighted by Crippen LogP contribution is -2.09. The molecule has 0 amide bonds. The van der Waals surface area contributed by atoms with Crippen molar-refractivity contribution in [3.8, 4) is 0 Å². The second-order valence-corrected chi connectivity index (χ2v) is 4.50. The van der Waals surface area contributed by atoms with E-state index in [1.54, 1.807) is 37.3 Å². The summed E-state index contributed by atoms with van der Waals surface area (Å²) in [5.74, 6) is -0.712. The van der Waals surface area contributed by atoms with Crippen molar-refractivity contribution in [3.05, 3.63) is 59.4 Å². The summed E-state index contributed by atoms with van der Waals surface area (Å²) in [6.07, 6.45) is 0. The van der Waals surface area contributed by atoms with Crippen molar-refractivity contribution in [3.63, 3.8) is 0 Å². The second-order valence-electron chi connectivity index (χ2n) is 4.50. The Morgan fingerprint density at radius 2 is 1.95 bits per heavy atom. The lowest BCUT2D eigenvalue weighted by molar-refractivity contribution is 0.0527. The largest absolute Gasteiger partial charge is 0.462 e. The van der Waals surface area contributed by atoms with Crippen LogP contribution in [0.5, 0.6) is 0 Å². The van der Waals surface area contributed by atoms with Crippen LogP contribution in [0.4, 0.5) is 15.8 Å². The number of nitrogens with one attached hydrogen (secondary N) is 1. The van der Waals surface area contributed by atoms with E-state index in [0.717, 1.165) is 11.3 Å². The van der Waals surface area contributed by atoms with Crippen molar-refractivity contribution < 1.29 is 13.9 Å². The summed E-state index contributed by atoms with van der Waals surface area (Å²) in [6, 6.07) is 11.3. The van der Waals surface area contributed by atoms with Crippen LogP contribution in [-0.4, -0.2) is 12.6 Å². The maximum atomic E-state index is 12.8. The number of benzene rings is 2. The smallest absolute Gasteiger partial charge is 0.340 e. The molecule has 2 aromatic carbocycles. The fourth-order valence-electron chi connectivity index (χ4n) is 1.86. The molecule has 0 bridgehead atoms. The van der Waals surface area contributed by atoms with Gasteiger partial charge in [0.05, 0.1) is 12.2 Å². The number of rotatable bonds is 5. The van der Waals surface area contributed by atoms with Crippen LogP contribution in [0.2, 0.25) is 0 Å². The van der Waals surface area contributed by atoms with Gasteiger partial charge in [0.25, 0.3) is 0 Å². The number of carbonyl (C=O) groups is 1. The summed E-state index contributed by atoms with van der Waals surface area (Å²) in [6.45, 7) is 2.56. The molecule has 0 aliphatic carbocycles. The summed E-state index contributed by atoms with van der Waals surface area (Å²) >= 11 is 0. The quantitative estimate of drug-likeness (QED) is 0.655. The van der Waals surface area contributed by atoms with Gasteiger partial charge in [-0.05, 0) is 42.8 Å². The van der Waals surface area contributed by atoms with Crippen molar-refractivity contribution in [1.29, 1.82) is 0 Å². The Hall–Kier alpha value is -2.56. The average Bonchev–Trinajstić information content (AvgIpc) is 2.48. The summed E-state index contributed by atoms with van der Waals surface area (Å²) in [4.78, 5) is 11.8. The first-order valence-corrected chi connectivity index (χ1v) is 6.65. The van der Waals surface area contributed by atoms with Gasteiger partial charge in [0, 0.05) is 17.9 Å². The summed E-state index contributed by atoms with van der Waals surface area (Å²) < 4.78 is 17.8. The SMILES string of the molecule is CCOC(=O)c1cc(NCc2ccc(F)cc2)ccc1N. The van der Waals surface area contributed by atoms with Crippen molar-refractivity contribution in [2.75, 3.05) is 17.7 Å². The molecule has 0 atom stereocenters. The number of halogens is 1. The highest BCUT2D eigenvalue weighted by atomic mass is 19.1. The number of hydrogen-bond acceptors (Lipinski definition) is 4. The topological polar surface area (TPSA) is 64.3 Å². The Morgan fingerprint density at radius 3 is 2.62 bits per heavy atom. The maximum Gasteiger partial charge on any atom is 0.340 e. The van der Waals surface area contributed by atoms with Crippen LogP contribution in [-0.2, 0) is 11.3 Å². The zero-order chi connectivity index (χ0) is 15.2. The Morgan fingerprint density at radius 1 is 1.24 bits per heavy atom. The van der Waals surface area contributed by atoms with Crippen LogP contribution < -0.4 is 11.1 Å². The molecule has 0 aliphatic rings. The lowest BCUT2D eigenvalue weighted by Gasteiger charge is -2.10. The van der Waals surface area contributed by atoms with Gasteiger partial charge in [-0.15, -0.1) is 0 Å². The third-order valence-corrected chi connectivity index (χ3v) is 2.96. The molecule has 4 nitrogen and oxygen atoms in total. The first-order valence-electron chi connectivity index (χ1n) is 6.65. The number of ether oxygens (including phenoxy) is 1. The van der Waals surface area contributed by atoms with E-state index >= 15 is 0 Å². The predicted octanol–water partition coefficient (Wildman–Crippen LogP) is 3.20. The van der Waals surface area contributed by atoms with Crippen molar-refractivity contribution in [1.82, 2.24) is 0 Å². The van der Waals surface area contributed by atoms with Gasteiger partial charge in [-0.1, -0.05) is 12.1 Å². The first kappa shape index (κ1) is 14.8. The highest BCUT2D eigenvalue weighted by Gasteiger charge is 2.11. The Kier molecular flexibility index (Phi) is 4.77. The number of nitrogen functional groups attached to an aromatic ring is 1. The van der Waals surface area contributed by atoms with Crippen molar-refractivity contribution in [2.45, 2.75) is 13.5 Å². The molecular formula is C16H17FN2O2. The molecule has 0 aromatic heterocycles. The lowest BCUT2D eigenvalue weighted by atomic mass is 10.1. The van der Waals surface area contributed by atoms with Gasteiger partial charge >= 0.3 is 5.97 Å². The minimum Gasteiger partial charge on any atom is -0.462 e. The molecule has 2 rings (SSSR count). The number of anilines is 2. The van der Waals surface area contributed by atoms with Crippen molar-refractivity contribution >= 4 is 17.3 Å². The van der Waals surface area contributed by atoms with E-state index in [1.165, 1.54) is 12.1 Å². The molecule has 21 heavy (non-hydrogen) atoms. The van der Waals surface area contributed by atoms with E-state index in [1.807, 2.05) is 0 Å². The van der Waals surface area contributed by atoms with Crippen LogP contribution in [0, 0.1) is 5.82 Å². The number of esters is 1. The minimum atomic E-state index is -0.444. The molecule has 0 spiro atoms. The van der Waals surface area contributed by atoms with E-state index in [4.69, 9.17) is 10.5 Å². The molecule has 2 aromatic rings. The van der Waals surface area contributed by atoms with E-state index < -0.39 is 5.97 Å². The van der Waals surface area contributed by atoms with Gasteiger partial charge in [0.1, 0.15) is 5.82 Å². The fraction of sp³-hybridized carbons (Fsp3) is 0.188. The van der Waals surface area contributed by atoms with Gasteiger partial charge < -0.3 is 15.8 Å². The Balaban J connectivity index is 2.08. The summed E-state index contributed by atoms with van der Waals surface area (Å²) in [5, 5.41) is 3.16. The first-order chi connectivity index (χ1) is 10.1. The van der Waals surface area contributed by atoms with Gasteiger partial charge in [-0.3, -0.25) is 0 Å². The number of hydrogen-bond donors (Lipinski definition) is 2. The van der Waals surface area contributed by atoms with Crippen LogP contribution in [0.15, 0.2) is 42.5 Å². The molecule has 0 unspecified atom stereocenters. The summed E-state index contributed by atoms with van der Waals surface area (Å²) in [5.41, 5.74) is 8.17. The zero-order valence-electron chi connectivity index (χ0n) is 11.7. The average molecular weight is 288 g/mol. The van der Waals surface area contributed by atoms with Gasteiger partial charge in [0.2, 0.25) is 0 Å². The third kappa shape index (κ3) is 3.95. The highest BCUT2D eigenvalue weighted by Crippen LogP contribution is 2.19. The molecule has 3 N–H and O–H groups in total. The molecule has 0 saturated carbocycles. The molecular weight excluding hydrogens is 271 g/mol. The molecule has 0 aliphatic heterocycles. The zero-order valence-corrected chi connectivity index (χ0v) is 11.7. The van der Waals surface area contributed by atoms with E-state index in [0.29, 0.717) is 24.4 Å². The monoisotopic (exact) mass is 288 g/mol. The van der Waals surface area contributed by atoms with Crippen LogP contribution >= 0.6 is 0 Å². The minimum absolute atomic E-state index is 0.268. The fourth-order valence-corrected chi connectivity index (χ4v) is 1.86. The van der Waals surface area contributed by atoms with Crippen LogP contribution in [0.1, 0.15) is 22.8 Å². The van der Waals surface area contributed by atoms with E-state index in [2.05, 4.69) is 5.32 Å². The van der Waals surface area contributed by atoms with Gasteiger partial charge in [-0.25, -0.2) is 9.18 Å². The van der Waals surface area contributed by atoms with Crippen LogP contribution in [0.3, 0.4) is 0 Å². The predicted molar refractivity (Wildman–Crippen MR) is 80.5 cm³/mol. The van der Waals surface area contributed by atoms with E-state index in [9.17, 15) is 9.18 Å². The summed E-state index contributed by atoms with van der Waals surface area (Å²) in [7, 11) is 0. The molecule has 5 heteroatoms. The number of carbonyl (C=O) groups excluding carboxylic acids is 1. The molecule has 110 valence electrons. The van der Waals surface area contributed by atoms with Crippen molar-refractivity contribution in [2.24, 2.45) is 0 Å². The third-order valence-electron chi connectivity index (χ3n) is 2.96. The maximum absolute atomic E-state index is 12.8. The Bertz CT molecular complexity index is 627. The standard InChI is InChI=1S/C16H17FN2O2/c1-2-21-16(20)14-9-13(7-8-15(14)18)19-10-11-3-5-12(17)6-4-11/h3-9,19H,2,10,18H2,1H3. The molecule has 0 saturated heterocycles. The highest BCUT2D eigenvalue weighted by molar-refractivity contribution is 5.96. The Labute approximate surface area is 122 Å². The normalized spacial score (nSPS) is 10.2. The van der Waals surface area contributed by atoms with Crippen LogP contribution in [0.25, 0.3) is 0 Å². The number of nitrogens with two attached hydrogens (primary N) is 1.